The number of benzene rings is 2. The Bertz CT molecular complexity index is 1010. The first kappa shape index (κ1) is 19.2. The van der Waals surface area contributed by atoms with Crippen molar-refractivity contribution in [3.63, 3.8) is 0 Å². The lowest BCUT2D eigenvalue weighted by atomic mass is 10.2. The minimum atomic E-state index is -4.61. The van der Waals surface area contributed by atoms with Gasteiger partial charge in [-0.15, -0.1) is 0 Å². The maximum atomic E-state index is 13.5. The molecule has 1 aromatic heterocycles. The number of nitrogens with one attached hydrogen (secondary N) is 1. The highest BCUT2D eigenvalue weighted by Gasteiger charge is 2.36. The standard InChI is InChI=1S/C20H16F3N5/c1-13-3-7-15(8-4-13)26-19-25-12-17(20(21,22)23)18(27-19)28(2)16-9-5-14(11-24)6-10-16/h3-10,12H,1-2H3,(H,25,26,27). The molecule has 0 aliphatic heterocycles. The first-order valence-corrected chi connectivity index (χ1v) is 8.30. The summed E-state index contributed by atoms with van der Waals surface area (Å²) in [4.78, 5) is 9.22. The van der Waals surface area contributed by atoms with E-state index in [9.17, 15) is 13.2 Å². The Hall–Kier alpha value is -3.60. The van der Waals surface area contributed by atoms with Gasteiger partial charge in [-0.25, -0.2) is 4.98 Å². The van der Waals surface area contributed by atoms with Gasteiger partial charge < -0.3 is 10.2 Å². The van der Waals surface area contributed by atoms with Gasteiger partial charge in [0.15, 0.2) is 5.82 Å². The third kappa shape index (κ3) is 4.20. The van der Waals surface area contributed by atoms with Crippen molar-refractivity contribution in [2.24, 2.45) is 0 Å². The summed E-state index contributed by atoms with van der Waals surface area (Å²) in [5.41, 5.74) is 1.65. The average molecular weight is 383 g/mol. The van der Waals surface area contributed by atoms with Crippen LogP contribution in [0.4, 0.5) is 36.3 Å². The van der Waals surface area contributed by atoms with E-state index in [1.165, 1.54) is 24.1 Å². The topological polar surface area (TPSA) is 64.8 Å². The second-order valence-electron chi connectivity index (χ2n) is 6.14. The van der Waals surface area contributed by atoms with Gasteiger partial charge in [0, 0.05) is 24.6 Å². The predicted octanol–water partition coefficient (Wildman–Crippen LogP) is 5.19. The van der Waals surface area contributed by atoms with Crippen LogP contribution in [0.15, 0.2) is 54.7 Å². The number of hydrogen-bond acceptors (Lipinski definition) is 5. The van der Waals surface area contributed by atoms with E-state index in [0.29, 0.717) is 16.9 Å². The summed E-state index contributed by atoms with van der Waals surface area (Å²) in [5, 5.41) is 11.8. The molecule has 0 bridgehead atoms. The van der Waals surface area contributed by atoms with Crippen molar-refractivity contribution < 1.29 is 13.2 Å². The Morgan fingerprint density at radius 2 is 1.68 bits per heavy atom. The van der Waals surface area contributed by atoms with Crippen molar-refractivity contribution in [2.75, 3.05) is 17.3 Å². The van der Waals surface area contributed by atoms with Gasteiger partial charge in [0.2, 0.25) is 5.95 Å². The number of halogens is 3. The van der Waals surface area contributed by atoms with E-state index in [0.717, 1.165) is 11.8 Å². The minimum Gasteiger partial charge on any atom is -0.329 e. The zero-order valence-corrected chi connectivity index (χ0v) is 15.1. The molecule has 3 rings (SSSR count). The Labute approximate surface area is 160 Å². The second kappa shape index (κ2) is 7.56. The van der Waals surface area contributed by atoms with Crippen LogP contribution in [0.1, 0.15) is 16.7 Å². The number of anilines is 4. The smallest absolute Gasteiger partial charge is 0.329 e. The molecule has 0 atom stereocenters. The van der Waals surface area contributed by atoms with Crippen molar-refractivity contribution in [3.05, 3.63) is 71.4 Å². The molecule has 5 nitrogen and oxygen atoms in total. The van der Waals surface area contributed by atoms with Crippen LogP contribution in [-0.4, -0.2) is 17.0 Å². The fourth-order valence-corrected chi connectivity index (χ4v) is 2.54. The van der Waals surface area contributed by atoms with E-state index in [4.69, 9.17) is 5.26 Å². The summed E-state index contributed by atoms with van der Waals surface area (Å²) in [6.07, 6.45) is -3.85. The normalized spacial score (nSPS) is 11.0. The molecular formula is C20H16F3N5. The number of aromatic nitrogens is 2. The van der Waals surface area contributed by atoms with Crippen molar-refractivity contribution in [1.29, 1.82) is 5.26 Å². The summed E-state index contributed by atoms with van der Waals surface area (Å²) < 4.78 is 40.4. The van der Waals surface area contributed by atoms with Gasteiger partial charge in [-0.1, -0.05) is 17.7 Å². The van der Waals surface area contributed by atoms with Gasteiger partial charge in [-0.3, -0.25) is 0 Å². The highest BCUT2D eigenvalue weighted by Crippen LogP contribution is 2.37. The molecule has 0 saturated carbocycles. The number of alkyl halides is 3. The van der Waals surface area contributed by atoms with Gasteiger partial charge in [0.05, 0.1) is 11.6 Å². The number of nitrogens with zero attached hydrogens (tertiary/aromatic N) is 4. The lowest BCUT2D eigenvalue weighted by molar-refractivity contribution is -0.137. The molecule has 0 aliphatic carbocycles. The minimum absolute atomic E-state index is 0.0485. The molecule has 0 unspecified atom stereocenters. The van der Waals surface area contributed by atoms with Gasteiger partial charge in [-0.2, -0.15) is 23.4 Å². The van der Waals surface area contributed by atoms with E-state index in [-0.39, 0.29) is 11.8 Å². The quantitative estimate of drug-likeness (QED) is 0.672. The number of rotatable bonds is 4. The molecule has 1 N–H and O–H groups in total. The largest absolute Gasteiger partial charge is 0.421 e. The van der Waals surface area contributed by atoms with Crippen LogP contribution in [0.25, 0.3) is 0 Å². The van der Waals surface area contributed by atoms with Crippen LogP contribution in [0.2, 0.25) is 0 Å². The van der Waals surface area contributed by atoms with E-state index >= 15 is 0 Å². The first-order chi connectivity index (χ1) is 13.3. The third-order valence-corrected chi connectivity index (χ3v) is 4.08. The van der Waals surface area contributed by atoms with Crippen molar-refractivity contribution in [3.8, 4) is 6.07 Å². The van der Waals surface area contributed by atoms with Crippen LogP contribution in [0.3, 0.4) is 0 Å². The zero-order chi connectivity index (χ0) is 20.3. The third-order valence-electron chi connectivity index (χ3n) is 4.08. The molecule has 0 aliphatic rings. The summed E-state index contributed by atoms with van der Waals surface area (Å²) >= 11 is 0. The van der Waals surface area contributed by atoms with Gasteiger partial charge in [-0.05, 0) is 43.3 Å². The van der Waals surface area contributed by atoms with E-state index < -0.39 is 11.7 Å². The molecular weight excluding hydrogens is 367 g/mol. The van der Waals surface area contributed by atoms with Crippen LogP contribution < -0.4 is 10.2 Å². The maximum Gasteiger partial charge on any atom is 0.421 e. The van der Waals surface area contributed by atoms with Crippen molar-refractivity contribution in [1.82, 2.24) is 9.97 Å². The molecule has 2 aromatic carbocycles. The highest BCUT2D eigenvalue weighted by atomic mass is 19.4. The number of nitriles is 1. The summed E-state index contributed by atoms with van der Waals surface area (Å²) in [6, 6.07) is 15.5. The molecule has 0 spiro atoms. The Kier molecular flexibility index (Phi) is 5.18. The fraction of sp³-hybridized carbons (Fsp3) is 0.150. The van der Waals surface area contributed by atoms with E-state index in [1.807, 2.05) is 25.1 Å². The van der Waals surface area contributed by atoms with E-state index in [2.05, 4.69) is 15.3 Å². The van der Waals surface area contributed by atoms with Gasteiger partial charge in [0.1, 0.15) is 5.56 Å². The number of hydrogen-bond donors (Lipinski definition) is 1. The molecule has 28 heavy (non-hydrogen) atoms. The molecule has 1 heterocycles. The van der Waals surface area contributed by atoms with Crippen LogP contribution in [-0.2, 0) is 6.18 Å². The van der Waals surface area contributed by atoms with Crippen LogP contribution >= 0.6 is 0 Å². The molecule has 0 radical (unpaired) electrons. The van der Waals surface area contributed by atoms with Crippen molar-refractivity contribution in [2.45, 2.75) is 13.1 Å². The second-order valence-corrected chi connectivity index (χ2v) is 6.14. The van der Waals surface area contributed by atoms with Gasteiger partial charge in [0.25, 0.3) is 0 Å². The summed E-state index contributed by atoms with van der Waals surface area (Å²) in [7, 11) is 1.48. The lowest BCUT2D eigenvalue weighted by Crippen LogP contribution is -2.19. The molecule has 0 amide bonds. The lowest BCUT2D eigenvalue weighted by Gasteiger charge is -2.23. The Morgan fingerprint density at radius 3 is 2.25 bits per heavy atom. The zero-order valence-electron chi connectivity index (χ0n) is 15.1. The monoisotopic (exact) mass is 383 g/mol. The maximum absolute atomic E-state index is 13.5. The van der Waals surface area contributed by atoms with Gasteiger partial charge >= 0.3 is 6.18 Å². The summed E-state index contributed by atoms with van der Waals surface area (Å²) in [6.45, 7) is 1.93. The molecule has 0 saturated heterocycles. The van der Waals surface area contributed by atoms with Crippen molar-refractivity contribution >= 4 is 23.1 Å². The van der Waals surface area contributed by atoms with Crippen LogP contribution in [0, 0.1) is 18.3 Å². The molecule has 3 aromatic rings. The average Bonchev–Trinajstić information content (AvgIpc) is 2.68. The SMILES string of the molecule is Cc1ccc(Nc2ncc(C(F)(F)F)c(N(C)c3ccc(C#N)cc3)n2)cc1. The van der Waals surface area contributed by atoms with Crippen LogP contribution in [0.5, 0.6) is 0 Å². The number of aryl methyl sites for hydroxylation is 1. The summed E-state index contributed by atoms with van der Waals surface area (Å²) in [5.74, 6) is -0.242. The Balaban J connectivity index is 2.00. The molecule has 0 fully saturated rings. The van der Waals surface area contributed by atoms with E-state index in [1.54, 1.807) is 24.3 Å². The predicted molar refractivity (Wildman–Crippen MR) is 101 cm³/mol. The fourth-order valence-electron chi connectivity index (χ4n) is 2.54. The Morgan fingerprint density at radius 1 is 1.04 bits per heavy atom. The first-order valence-electron chi connectivity index (χ1n) is 8.30. The molecule has 142 valence electrons. The molecule has 8 heteroatoms. The highest BCUT2D eigenvalue weighted by molar-refractivity contribution is 5.65.